The van der Waals surface area contributed by atoms with Crippen LogP contribution in [0.4, 0.5) is 5.69 Å². The maximum atomic E-state index is 12.0. The molecular weight excluding hydrogens is 382 g/mol. The number of tetrazole rings is 1. The van der Waals surface area contributed by atoms with Crippen molar-refractivity contribution in [2.45, 2.75) is 25.7 Å². The number of hydrogen-bond donors (Lipinski definition) is 1. The van der Waals surface area contributed by atoms with Crippen LogP contribution in [0.15, 0.2) is 59.3 Å². The SMILES string of the molecule is O=C(CCCCc1ccc(Br)cc1)Nc1ccc(-n2cnnn2)cc1. The molecular formula is C18H18BrN5O. The van der Waals surface area contributed by atoms with E-state index in [-0.39, 0.29) is 5.91 Å². The minimum atomic E-state index is 0.0333. The predicted octanol–water partition coefficient (Wildman–Crippen LogP) is 3.78. The highest BCUT2D eigenvalue weighted by atomic mass is 79.9. The average Bonchev–Trinajstić information content (AvgIpc) is 3.15. The number of nitrogens with one attached hydrogen (secondary N) is 1. The van der Waals surface area contributed by atoms with Crippen molar-refractivity contribution in [1.82, 2.24) is 20.2 Å². The summed E-state index contributed by atoms with van der Waals surface area (Å²) in [5, 5.41) is 13.9. The van der Waals surface area contributed by atoms with Gasteiger partial charge in [0.05, 0.1) is 5.69 Å². The van der Waals surface area contributed by atoms with E-state index in [4.69, 9.17) is 0 Å². The lowest BCUT2D eigenvalue weighted by Gasteiger charge is -2.06. The van der Waals surface area contributed by atoms with Crippen LogP contribution in [0.25, 0.3) is 5.69 Å². The molecule has 0 fully saturated rings. The number of aryl methyl sites for hydroxylation is 1. The summed E-state index contributed by atoms with van der Waals surface area (Å²) in [5.74, 6) is 0.0333. The molecule has 0 bridgehead atoms. The van der Waals surface area contributed by atoms with E-state index in [9.17, 15) is 4.79 Å². The molecule has 2 aromatic carbocycles. The first-order valence-electron chi connectivity index (χ1n) is 8.08. The van der Waals surface area contributed by atoms with E-state index in [1.807, 2.05) is 36.4 Å². The Morgan fingerprint density at radius 1 is 1.04 bits per heavy atom. The number of hydrogen-bond acceptors (Lipinski definition) is 4. The molecule has 0 aliphatic rings. The third kappa shape index (κ3) is 5.22. The fraction of sp³-hybridized carbons (Fsp3) is 0.222. The van der Waals surface area contributed by atoms with E-state index in [2.05, 4.69) is 48.9 Å². The summed E-state index contributed by atoms with van der Waals surface area (Å²) in [6.07, 6.45) is 4.89. The maximum Gasteiger partial charge on any atom is 0.224 e. The second-order valence-corrected chi connectivity index (χ2v) is 6.60. The van der Waals surface area contributed by atoms with E-state index in [1.54, 1.807) is 4.68 Å². The van der Waals surface area contributed by atoms with Gasteiger partial charge in [0.25, 0.3) is 0 Å². The number of amides is 1. The minimum absolute atomic E-state index is 0.0333. The lowest BCUT2D eigenvalue weighted by molar-refractivity contribution is -0.116. The minimum Gasteiger partial charge on any atom is -0.326 e. The van der Waals surface area contributed by atoms with Gasteiger partial charge in [-0.1, -0.05) is 28.1 Å². The average molecular weight is 400 g/mol. The zero-order valence-electron chi connectivity index (χ0n) is 13.6. The van der Waals surface area contributed by atoms with Crippen LogP contribution in [0.1, 0.15) is 24.8 Å². The molecule has 0 saturated carbocycles. The number of carbonyl (C=O) groups is 1. The maximum absolute atomic E-state index is 12.0. The highest BCUT2D eigenvalue weighted by Gasteiger charge is 2.04. The van der Waals surface area contributed by atoms with Gasteiger partial charge in [-0.15, -0.1) is 5.10 Å². The van der Waals surface area contributed by atoms with Crippen LogP contribution in [0.5, 0.6) is 0 Å². The molecule has 0 aliphatic carbocycles. The molecule has 128 valence electrons. The van der Waals surface area contributed by atoms with Gasteiger partial charge in [0.2, 0.25) is 5.91 Å². The van der Waals surface area contributed by atoms with Crippen LogP contribution < -0.4 is 5.32 Å². The molecule has 3 rings (SSSR count). The van der Waals surface area contributed by atoms with Crippen LogP contribution in [0.3, 0.4) is 0 Å². The molecule has 1 amide bonds. The van der Waals surface area contributed by atoms with Gasteiger partial charge in [0.1, 0.15) is 6.33 Å². The number of carbonyl (C=O) groups excluding carboxylic acids is 1. The third-order valence-corrected chi connectivity index (χ3v) is 4.33. The molecule has 0 radical (unpaired) electrons. The molecule has 25 heavy (non-hydrogen) atoms. The van der Waals surface area contributed by atoms with E-state index < -0.39 is 0 Å². The molecule has 0 saturated heterocycles. The largest absolute Gasteiger partial charge is 0.326 e. The summed E-state index contributed by atoms with van der Waals surface area (Å²) in [6.45, 7) is 0. The first-order valence-corrected chi connectivity index (χ1v) is 8.88. The van der Waals surface area contributed by atoms with E-state index in [0.717, 1.165) is 35.1 Å². The van der Waals surface area contributed by atoms with Gasteiger partial charge in [-0.3, -0.25) is 4.79 Å². The van der Waals surface area contributed by atoms with Crippen LogP contribution in [0, 0.1) is 0 Å². The molecule has 0 unspecified atom stereocenters. The Bertz CT molecular complexity index is 800. The quantitative estimate of drug-likeness (QED) is 0.613. The predicted molar refractivity (Wildman–Crippen MR) is 99.5 cm³/mol. The summed E-state index contributed by atoms with van der Waals surface area (Å²) in [6, 6.07) is 15.7. The standard InChI is InChI=1S/C18H18BrN5O/c19-15-7-5-14(6-8-15)3-1-2-4-18(25)21-16-9-11-17(12-10-16)24-13-20-22-23-24/h5-13H,1-4H2,(H,21,25). The Morgan fingerprint density at radius 3 is 2.48 bits per heavy atom. The third-order valence-electron chi connectivity index (χ3n) is 3.80. The number of unbranched alkanes of at least 4 members (excludes halogenated alkanes) is 1. The Labute approximate surface area is 154 Å². The zero-order valence-corrected chi connectivity index (χ0v) is 15.2. The van der Waals surface area contributed by atoms with Crippen molar-refractivity contribution < 1.29 is 4.79 Å². The number of aromatic nitrogens is 4. The van der Waals surface area contributed by atoms with Gasteiger partial charge in [-0.2, -0.15) is 0 Å². The van der Waals surface area contributed by atoms with Crippen LogP contribution >= 0.6 is 15.9 Å². The van der Waals surface area contributed by atoms with Crippen LogP contribution in [0.2, 0.25) is 0 Å². The Balaban J connectivity index is 1.41. The highest BCUT2D eigenvalue weighted by molar-refractivity contribution is 9.10. The highest BCUT2D eigenvalue weighted by Crippen LogP contribution is 2.14. The fourth-order valence-electron chi connectivity index (χ4n) is 2.47. The number of anilines is 1. The molecule has 1 heterocycles. The second kappa shape index (κ2) is 8.53. The normalized spacial score (nSPS) is 10.6. The summed E-state index contributed by atoms with van der Waals surface area (Å²) in [4.78, 5) is 12.0. The summed E-state index contributed by atoms with van der Waals surface area (Å²) < 4.78 is 2.65. The Hall–Kier alpha value is -2.54. The van der Waals surface area contributed by atoms with Gasteiger partial charge < -0.3 is 5.32 Å². The van der Waals surface area contributed by atoms with Crippen molar-refractivity contribution in [3.05, 3.63) is 64.9 Å². The first-order chi connectivity index (χ1) is 12.2. The van der Waals surface area contributed by atoms with Crippen molar-refractivity contribution in [3.8, 4) is 5.69 Å². The molecule has 3 aromatic rings. The van der Waals surface area contributed by atoms with Gasteiger partial charge in [0, 0.05) is 16.6 Å². The summed E-state index contributed by atoms with van der Waals surface area (Å²) in [7, 11) is 0. The number of nitrogens with zero attached hydrogens (tertiary/aromatic N) is 4. The van der Waals surface area contributed by atoms with E-state index in [0.29, 0.717) is 6.42 Å². The zero-order chi connectivity index (χ0) is 17.5. The van der Waals surface area contributed by atoms with Crippen molar-refractivity contribution in [3.63, 3.8) is 0 Å². The van der Waals surface area contributed by atoms with Crippen molar-refractivity contribution in [2.24, 2.45) is 0 Å². The second-order valence-electron chi connectivity index (χ2n) is 5.68. The smallest absolute Gasteiger partial charge is 0.224 e. The van der Waals surface area contributed by atoms with Crippen molar-refractivity contribution in [2.75, 3.05) is 5.32 Å². The Kier molecular flexibility index (Phi) is 5.90. The van der Waals surface area contributed by atoms with E-state index >= 15 is 0 Å². The number of benzene rings is 2. The van der Waals surface area contributed by atoms with Gasteiger partial charge in [-0.05, 0) is 71.7 Å². The molecule has 0 spiro atoms. The lowest BCUT2D eigenvalue weighted by Crippen LogP contribution is -2.11. The van der Waals surface area contributed by atoms with Crippen LogP contribution in [-0.2, 0) is 11.2 Å². The fourth-order valence-corrected chi connectivity index (χ4v) is 2.73. The molecule has 0 atom stereocenters. The van der Waals surface area contributed by atoms with Crippen molar-refractivity contribution >= 4 is 27.5 Å². The van der Waals surface area contributed by atoms with Gasteiger partial charge in [-0.25, -0.2) is 4.68 Å². The molecule has 6 nitrogen and oxygen atoms in total. The van der Waals surface area contributed by atoms with Gasteiger partial charge >= 0.3 is 0 Å². The van der Waals surface area contributed by atoms with Gasteiger partial charge in [0.15, 0.2) is 0 Å². The number of rotatable bonds is 7. The monoisotopic (exact) mass is 399 g/mol. The molecule has 7 heteroatoms. The van der Waals surface area contributed by atoms with Crippen molar-refractivity contribution in [1.29, 1.82) is 0 Å². The molecule has 0 aliphatic heterocycles. The Morgan fingerprint density at radius 2 is 1.80 bits per heavy atom. The summed E-state index contributed by atoms with van der Waals surface area (Å²) >= 11 is 3.43. The number of halogens is 1. The summed E-state index contributed by atoms with van der Waals surface area (Å²) in [5.41, 5.74) is 2.91. The van der Waals surface area contributed by atoms with Crippen LogP contribution in [-0.4, -0.2) is 26.1 Å². The topological polar surface area (TPSA) is 72.7 Å². The molecule has 1 N–H and O–H groups in total. The van der Waals surface area contributed by atoms with E-state index in [1.165, 1.54) is 11.9 Å². The lowest BCUT2D eigenvalue weighted by atomic mass is 10.1. The molecule has 1 aromatic heterocycles. The first kappa shape index (κ1) is 17.3.